The number of nitrogens with one attached hydrogen (secondary N) is 2. The van der Waals surface area contributed by atoms with Crippen molar-refractivity contribution in [3.8, 4) is 0 Å². The van der Waals surface area contributed by atoms with Gasteiger partial charge in [0.15, 0.2) is 0 Å². The Hall–Kier alpha value is -1.15. The van der Waals surface area contributed by atoms with E-state index in [0.717, 1.165) is 37.0 Å². The van der Waals surface area contributed by atoms with E-state index in [-0.39, 0.29) is 5.91 Å². The number of likely N-dealkylation sites (N-methyl/N-ethyl adjacent to an activating group) is 1. The first-order valence-corrected chi connectivity index (χ1v) is 7.06. The number of nitrogens with zero attached hydrogens (tertiary/aromatic N) is 4. The van der Waals surface area contributed by atoms with Gasteiger partial charge < -0.3 is 10.6 Å². The number of amides is 1. The average molecular weight is 272 g/mol. The van der Waals surface area contributed by atoms with Crippen LogP contribution in [0.15, 0.2) is 5.16 Å². The molecule has 1 rings (SSSR count). The van der Waals surface area contributed by atoms with Gasteiger partial charge >= 0.3 is 0 Å². The van der Waals surface area contributed by atoms with E-state index in [1.165, 1.54) is 0 Å². The minimum atomic E-state index is 0.0716. The van der Waals surface area contributed by atoms with Crippen LogP contribution in [0, 0.1) is 0 Å². The fourth-order valence-corrected chi connectivity index (χ4v) is 2.17. The summed E-state index contributed by atoms with van der Waals surface area (Å²) in [6, 6.07) is 0. The summed E-state index contributed by atoms with van der Waals surface area (Å²) in [6.07, 6.45) is 1.37. The maximum absolute atomic E-state index is 11.0. The number of aromatic nitrogens is 4. The van der Waals surface area contributed by atoms with E-state index in [1.807, 2.05) is 0 Å². The molecule has 0 spiro atoms. The number of hydrogen-bond acceptors (Lipinski definition) is 6. The van der Waals surface area contributed by atoms with E-state index in [2.05, 4.69) is 33.1 Å². The molecule has 1 heterocycles. The van der Waals surface area contributed by atoms with E-state index in [1.54, 1.807) is 23.5 Å². The van der Waals surface area contributed by atoms with Gasteiger partial charge in [-0.2, -0.15) is 0 Å². The highest BCUT2D eigenvalue weighted by atomic mass is 32.2. The van der Waals surface area contributed by atoms with E-state index in [9.17, 15) is 4.79 Å². The van der Waals surface area contributed by atoms with E-state index < -0.39 is 0 Å². The van der Waals surface area contributed by atoms with E-state index in [0.29, 0.717) is 6.42 Å². The molecule has 0 aliphatic rings. The molecule has 2 N–H and O–H groups in total. The molecule has 1 amide bonds. The molecule has 0 aliphatic heterocycles. The van der Waals surface area contributed by atoms with Crippen LogP contribution in [0.4, 0.5) is 0 Å². The number of hydrogen-bond donors (Lipinski definition) is 2. The molecule has 0 atom stereocenters. The van der Waals surface area contributed by atoms with Gasteiger partial charge in [0.1, 0.15) is 0 Å². The number of carbonyl (C=O) groups is 1. The molecule has 0 unspecified atom stereocenters. The SMILES string of the molecule is CCNCCn1nnnc1SCCCC(=O)NC. The highest BCUT2D eigenvalue weighted by molar-refractivity contribution is 7.99. The van der Waals surface area contributed by atoms with Gasteiger partial charge in [-0.1, -0.05) is 18.7 Å². The van der Waals surface area contributed by atoms with Crippen LogP contribution in [0.3, 0.4) is 0 Å². The van der Waals surface area contributed by atoms with Crippen molar-refractivity contribution in [1.29, 1.82) is 0 Å². The van der Waals surface area contributed by atoms with Crippen molar-refractivity contribution in [2.45, 2.75) is 31.5 Å². The third-order valence-corrected chi connectivity index (χ3v) is 3.35. The first-order valence-electron chi connectivity index (χ1n) is 6.08. The minimum absolute atomic E-state index is 0.0716. The van der Waals surface area contributed by atoms with Crippen LogP contribution >= 0.6 is 11.8 Å². The zero-order valence-electron chi connectivity index (χ0n) is 10.8. The standard InChI is InChI=1S/C10H20N6OS/c1-3-12-6-7-16-10(13-14-15-16)18-8-4-5-9(17)11-2/h12H,3-8H2,1-2H3,(H,11,17). The minimum Gasteiger partial charge on any atom is -0.359 e. The molecule has 1 aromatic heterocycles. The van der Waals surface area contributed by atoms with Crippen molar-refractivity contribution >= 4 is 17.7 Å². The van der Waals surface area contributed by atoms with Gasteiger partial charge in [0.25, 0.3) is 0 Å². The van der Waals surface area contributed by atoms with Crippen molar-refractivity contribution in [3.05, 3.63) is 0 Å². The summed E-state index contributed by atoms with van der Waals surface area (Å²) in [4.78, 5) is 11.0. The lowest BCUT2D eigenvalue weighted by Crippen LogP contribution is -2.20. The third kappa shape index (κ3) is 5.46. The molecular formula is C10H20N6OS. The second kappa shape index (κ2) is 8.87. The summed E-state index contributed by atoms with van der Waals surface area (Å²) in [5.41, 5.74) is 0. The number of carbonyl (C=O) groups excluding carboxylic acids is 1. The molecule has 0 radical (unpaired) electrons. The summed E-state index contributed by atoms with van der Waals surface area (Å²) in [5, 5.41) is 18.2. The van der Waals surface area contributed by atoms with Gasteiger partial charge in [-0.15, -0.1) is 5.10 Å². The Kier molecular flexibility index (Phi) is 7.35. The van der Waals surface area contributed by atoms with Gasteiger partial charge in [0.2, 0.25) is 11.1 Å². The zero-order valence-corrected chi connectivity index (χ0v) is 11.7. The first kappa shape index (κ1) is 14.9. The van der Waals surface area contributed by atoms with Crippen molar-refractivity contribution in [3.63, 3.8) is 0 Å². The van der Waals surface area contributed by atoms with Crippen molar-refractivity contribution in [2.24, 2.45) is 0 Å². The summed E-state index contributed by atoms with van der Waals surface area (Å²) < 4.78 is 1.78. The van der Waals surface area contributed by atoms with Gasteiger partial charge in [-0.3, -0.25) is 4.79 Å². The van der Waals surface area contributed by atoms with Crippen LogP contribution in [-0.2, 0) is 11.3 Å². The Balaban J connectivity index is 2.25. The fourth-order valence-electron chi connectivity index (χ4n) is 1.32. The Morgan fingerprint density at radius 3 is 3.06 bits per heavy atom. The van der Waals surface area contributed by atoms with E-state index >= 15 is 0 Å². The highest BCUT2D eigenvalue weighted by Gasteiger charge is 2.06. The maximum atomic E-state index is 11.0. The molecule has 0 bridgehead atoms. The number of rotatable bonds is 9. The van der Waals surface area contributed by atoms with Gasteiger partial charge in [0.05, 0.1) is 6.54 Å². The maximum Gasteiger partial charge on any atom is 0.219 e. The van der Waals surface area contributed by atoms with Crippen LogP contribution in [0.2, 0.25) is 0 Å². The molecule has 0 saturated heterocycles. The lowest BCUT2D eigenvalue weighted by Gasteiger charge is -2.04. The first-order chi connectivity index (χ1) is 8.77. The third-order valence-electron chi connectivity index (χ3n) is 2.31. The van der Waals surface area contributed by atoms with Crippen LogP contribution in [0.5, 0.6) is 0 Å². The fraction of sp³-hybridized carbons (Fsp3) is 0.800. The number of tetrazole rings is 1. The van der Waals surface area contributed by atoms with Crippen LogP contribution in [0.25, 0.3) is 0 Å². The predicted molar refractivity (Wildman–Crippen MR) is 70.4 cm³/mol. The predicted octanol–water partition coefficient (Wildman–Crippen LogP) is -0.0991. The van der Waals surface area contributed by atoms with Crippen molar-refractivity contribution in [1.82, 2.24) is 30.8 Å². The summed E-state index contributed by atoms with van der Waals surface area (Å²) >= 11 is 1.58. The number of thioether (sulfide) groups is 1. The summed E-state index contributed by atoms with van der Waals surface area (Å²) in [5.74, 6) is 0.914. The van der Waals surface area contributed by atoms with Gasteiger partial charge in [0, 0.05) is 25.8 Å². The quantitative estimate of drug-likeness (QED) is 0.482. The topological polar surface area (TPSA) is 84.7 Å². The summed E-state index contributed by atoms with van der Waals surface area (Å²) in [7, 11) is 1.65. The Morgan fingerprint density at radius 1 is 1.50 bits per heavy atom. The van der Waals surface area contributed by atoms with Crippen molar-refractivity contribution < 1.29 is 4.79 Å². The van der Waals surface area contributed by atoms with Crippen LogP contribution < -0.4 is 10.6 Å². The van der Waals surface area contributed by atoms with E-state index in [4.69, 9.17) is 0 Å². The second-order valence-electron chi connectivity index (χ2n) is 3.66. The molecule has 0 fully saturated rings. The van der Waals surface area contributed by atoms with Gasteiger partial charge in [-0.25, -0.2) is 4.68 Å². The Labute approximate surface area is 111 Å². The molecule has 0 aromatic carbocycles. The van der Waals surface area contributed by atoms with Gasteiger partial charge in [-0.05, 0) is 23.4 Å². The molecule has 7 nitrogen and oxygen atoms in total. The molecule has 18 heavy (non-hydrogen) atoms. The monoisotopic (exact) mass is 272 g/mol. The zero-order chi connectivity index (χ0) is 13.2. The van der Waals surface area contributed by atoms with Crippen molar-refractivity contribution in [2.75, 3.05) is 25.9 Å². The molecule has 102 valence electrons. The van der Waals surface area contributed by atoms with Crippen LogP contribution in [-0.4, -0.2) is 52.0 Å². The molecular weight excluding hydrogens is 252 g/mol. The average Bonchev–Trinajstić information content (AvgIpc) is 2.82. The largest absolute Gasteiger partial charge is 0.359 e. The summed E-state index contributed by atoms with van der Waals surface area (Å²) in [6.45, 7) is 4.62. The second-order valence-corrected chi connectivity index (χ2v) is 4.73. The van der Waals surface area contributed by atoms with Crippen LogP contribution in [0.1, 0.15) is 19.8 Å². The Bertz CT molecular complexity index is 356. The smallest absolute Gasteiger partial charge is 0.219 e. The normalized spacial score (nSPS) is 10.6. The lowest BCUT2D eigenvalue weighted by molar-refractivity contribution is -0.120. The molecule has 0 saturated carbocycles. The molecule has 8 heteroatoms. The lowest BCUT2D eigenvalue weighted by atomic mass is 10.3. The molecule has 0 aliphatic carbocycles. The Morgan fingerprint density at radius 2 is 2.33 bits per heavy atom. The molecule has 1 aromatic rings. The highest BCUT2D eigenvalue weighted by Crippen LogP contribution is 2.15.